The zero-order valence-electron chi connectivity index (χ0n) is 12.3. The molecule has 0 atom stereocenters. The Morgan fingerprint density at radius 3 is 2.18 bits per heavy atom. The van der Waals surface area contributed by atoms with E-state index in [9.17, 15) is 12.8 Å². The molecule has 116 valence electrons. The number of nitrogens with one attached hydrogen (secondary N) is 1. The molecule has 0 spiro atoms. The molecular weight excluding hydrogens is 303 g/mol. The summed E-state index contributed by atoms with van der Waals surface area (Å²) in [5.74, 6) is -0.0596. The molecule has 1 N–H and O–H groups in total. The summed E-state index contributed by atoms with van der Waals surface area (Å²) in [5.41, 5.74) is 1.98. The van der Waals surface area contributed by atoms with Crippen LogP contribution in [0.5, 0.6) is 0 Å². The molecule has 4 nitrogen and oxygen atoms in total. The van der Waals surface area contributed by atoms with Gasteiger partial charge in [0.05, 0.1) is 11.1 Å². The molecule has 0 amide bonds. The van der Waals surface area contributed by atoms with Crippen molar-refractivity contribution in [1.82, 2.24) is 4.83 Å². The lowest BCUT2D eigenvalue weighted by Gasteiger charge is -2.05. The van der Waals surface area contributed by atoms with Gasteiger partial charge in [0.25, 0.3) is 10.0 Å². The minimum Gasteiger partial charge on any atom is -0.207 e. The van der Waals surface area contributed by atoms with Crippen LogP contribution in [0.1, 0.15) is 30.9 Å². The van der Waals surface area contributed by atoms with Gasteiger partial charge in [0, 0.05) is 0 Å². The topological polar surface area (TPSA) is 58.5 Å². The Balaban J connectivity index is 2.06. The first-order chi connectivity index (χ1) is 10.4. The summed E-state index contributed by atoms with van der Waals surface area (Å²) in [6.45, 7) is 4.19. The monoisotopic (exact) mass is 320 g/mol. The second-order valence-corrected chi connectivity index (χ2v) is 6.79. The molecule has 0 aliphatic rings. The minimum atomic E-state index is -3.78. The lowest BCUT2D eigenvalue weighted by atomic mass is 10.0. The molecule has 0 bridgehead atoms. The van der Waals surface area contributed by atoms with Gasteiger partial charge >= 0.3 is 0 Å². The Kier molecular flexibility index (Phi) is 4.92. The van der Waals surface area contributed by atoms with Crippen LogP contribution in [0.4, 0.5) is 4.39 Å². The Morgan fingerprint density at radius 1 is 1.05 bits per heavy atom. The first kappa shape index (κ1) is 16.2. The number of hydrogen-bond acceptors (Lipinski definition) is 3. The molecule has 2 rings (SSSR count). The van der Waals surface area contributed by atoms with Crippen LogP contribution in [0.25, 0.3) is 0 Å². The highest BCUT2D eigenvalue weighted by Crippen LogP contribution is 2.14. The Bertz CT molecular complexity index is 752. The zero-order chi connectivity index (χ0) is 16.2. The van der Waals surface area contributed by atoms with Crippen molar-refractivity contribution >= 4 is 16.2 Å². The van der Waals surface area contributed by atoms with Gasteiger partial charge in [-0.15, -0.1) is 0 Å². The van der Waals surface area contributed by atoms with E-state index < -0.39 is 15.8 Å². The second-order valence-electron chi connectivity index (χ2n) is 5.13. The first-order valence-electron chi connectivity index (χ1n) is 6.79. The van der Waals surface area contributed by atoms with E-state index in [0.717, 1.165) is 17.7 Å². The molecule has 0 heterocycles. The molecule has 2 aromatic rings. The highest BCUT2D eigenvalue weighted by atomic mass is 32.2. The van der Waals surface area contributed by atoms with Crippen molar-refractivity contribution in [3.05, 3.63) is 65.5 Å². The standard InChI is InChI=1S/C16H17FN2O2S/c1-12(2)14-5-3-13(4-6-14)11-18-19-22(20,21)16-9-7-15(17)8-10-16/h3-12,19H,1-2H3/b18-11+. The van der Waals surface area contributed by atoms with Gasteiger partial charge in [0.1, 0.15) is 5.82 Å². The number of sulfonamides is 1. The van der Waals surface area contributed by atoms with Crippen molar-refractivity contribution in [2.24, 2.45) is 5.10 Å². The highest BCUT2D eigenvalue weighted by Gasteiger charge is 2.12. The summed E-state index contributed by atoms with van der Waals surface area (Å²) in [6, 6.07) is 12.2. The molecule has 0 aromatic heterocycles. The largest absolute Gasteiger partial charge is 0.276 e. The molecule has 0 aliphatic carbocycles. The van der Waals surface area contributed by atoms with E-state index in [0.29, 0.717) is 5.92 Å². The maximum atomic E-state index is 12.8. The van der Waals surface area contributed by atoms with Gasteiger partial charge in [-0.25, -0.2) is 9.22 Å². The molecule has 0 saturated heterocycles. The van der Waals surface area contributed by atoms with Crippen LogP contribution < -0.4 is 4.83 Å². The second kappa shape index (κ2) is 6.70. The van der Waals surface area contributed by atoms with E-state index in [4.69, 9.17) is 0 Å². The number of halogens is 1. The van der Waals surface area contributed by atoms with Crippen molar-refractivity contribution in [2.75, 3.05) is 0 Å². The molecule has 6 heteroatoms. The third kappa shape index (κ3) is 4.14. The Morgan fingerprint density at radius 2 is 1.64 bits per heavy atom. The number of hydrazone groups is 1. The molecule has 0 unspecified atom stereocenters. The van der Waals surface area contributed by atoms with E-state index in [1.807, 2.05) is 24.3 Å². The van der Waals surface area contributed by atoms with Crippen LogP contribution in [-0.2, 0) is 10.0 Å². The van der Waals surface area contributed by atoms with Gasteiger partial charge < -0.3 is 0 Å². The maximum Gasteiger partial charge on any atom is 0.276 e. The van der Waals surface area contributed by atoms with Crippen molar-refractivity contribution in [2.45, 2.75) is 24.7 Å². The molecule has 22 heavy (non-hydrogen) atoms. The predicted molar refractivity (Wildman–Crippen MR) is 84.8 cm³/mol. The Hall–Kier alpha value is -2.21. The smallest absolute Gasteiger partial charge is 0.207 e. The fraction of sp³-hybridized carbons (Fsp3) is 0.188. The van der Waals surface area contributed by atoms with Crippen molar-refractivity contribution in [3.63, 3.8) is 0 Å². The summed E-state index contributed by atoms with van der Waals surface area (Å²) in [7, 11) is -3.78. The summed E-state index contributed by atoms with van der Waals surface area (Å²) < 4.78 is 36.7. The fourth-order valence-electron chi connectivity index (χ4n) is 1.80. The van der Waals surface area contributed by atoms with Crippen molar-refractivity contribution < 1.29 is 12.8 Å². The van der Waals surface area contributed by atoms with Gasteiger partial charge in [0.15, 0.2) is 0 Å². The van der Waals surface area contributed by atoms with Crippen LogP contribution in [0.3, 0.4) is 0 Å². The summed E-state index contributed by atoms with van der Waals surface area (Å²) in [4.78, 5) is 2.06. The van der Waals surface area contributed by atoms with Crippen LogP contribution in [-0.4, -0.2) is 14.6 Å². The fourth-order valence-corrected chi connectivity index (χ4v) is 2.59. The van der Waals surface area contributed by atoms with Crippen LogP contribution in [0.15, 0.2) is 58.5 Å². The first-order valence-corrected chi connectivity index (χ1v) is 8.27. The van der Waals surface area contributed by atoms with Gasteiger partial charge in [-0.2, -0.15) is 13.5 Å². The normalized spacial score (nSPS) is 12.0. The minimum absolute atomic E-state index is 0.0406. The maximum absolute atomic E-state index is 12.8. The van der Waals surface area contributed by atoms with E-state index in [1.54, 1.807) is 0 Å². The number of hydrogen-bond donors (Lipinski definition) is 1. The molecule has 0 aliphatic heterocycles. The average Bonchev–Trinajstić information content (AvgIpc) is 2.48. The van der Waals surface area contributed by atoms with Crippen LogP contribution >= 0.6 is 0 Å². The third-order valence-corrected chi connectivity index (χ3v) is 4.35. The molecular formula is C16H17FN2O2S. The molecule has 2 aromatic carbocycles. The predicted octanol–water partition coefficient (Wildman–Crippen LogP) is 3.26. The van der Waals surface area contributed by atoms with Crippen LogP contribution in [0.2, 0.25) is 0 Å². The van der Waals surface area contributed by atoms with E-state index in [1.165, 1.54) is 23.9 Å². The van der Waals surface area contributed by atoms with Gasteiger partial charge in [-0.1, -0.05) is 38.1 Å². The van der Waals surface area contributed by atoms with Gasteiger partial charge in [-0.3, -0.25) is 0 Å². The quantitative estimate of drug-likeness (QED) is 0.679. The van der Waals surface area contributed by atoms with E-state index >= 15 is 0 Å². The highest BCUT2D eigenvalue weighted by molar-refractivity contribution is 7.89. The number of nitrogens with zero attached hydrogens (tertiary/aromatic N) is 1. The third-order valence-electron chi connectivity index (χ3n) is 3.11. The number of rotatable bonds is 5. The average molecular weight is 320 g/mol. The van der Waals surface area contributed by atoms with Crippen LogP contribution in [0, 0.1) is 5.82 Å². The van der Waals surface area contributed by atoms with Crippen molar-refractivity contribution in [1.29, 1.82) is 0 Å². The lowest BCUT2D eigenvalue weighted by Crippen LogP contribution is -2.18. The molecule has 0 fully saturated rings. The number of benzene rings is 2. The van der Waals surface area contributed by atoms with E-state index in [-0.39, 0.29) is 4.90 Å². The van der Waals surface area contributed by atoms with Gasteiger partial charge in [0.2, 0.25) is 0 Å². The summed E-state index contributed by atoms with van der Waals surface area (Å²) in [6.07, 6.45) is 1.42. The summed E-state index contributed by atoms with van der Waals surface area (Å²) in [5, 5.41) is 3.73. The van der Waals surface area contributed by atoms with Crippen molar-refractivity contribution in [3.8, 4) is 0 Å². The van der Waals surface area contributed by atoms with E-state index in [2.05, 4.69) is 23.8 Å². The van der Waals surface area contributed by atoms with Gasteiger partial charge in [-0.05, 0) is 41.3 Å². The summed E-state index contributed by atoms with van der Waals surface area (Å²) >= 11 is 0. The zero-order valence-corrected chi connectivity index (χ0v) is 13.1. The SMILES string of the molecule is CC(C)c1ccc(/C=N/NS(=O)(=O)c2ccc(F)cc2)cc1. The molecule has 0 saturated carbocycles. The molecule has 0 radical (unpaired) electrons. The lowest BCUT2D eigenvalue weighted by molar-refractivity contribution is 0.583. The Labute approximate surface area is 129 Å².